The number of aliphatic hydroxyl groups is 1. The lowest BCUT2D eigenvalue weighted by atomic mass is 10.1. The summed E-state index contributed by atoms with van der Waals surface area (Å²) in [5, 5.41) is 9.04. The Kier molecular flexibility index (Phi) is 6.52. The Hall–Kier alpha value is -2.93. The van der Waals surface area contributed by atoms with Crippen LogP contribution in [-0.4, -0.2) is 40.5 Å². The molecule has 1 aromatic heterocycles. The molecule has 0 radical (unpaired) electrons. The van der Waals surface area contributed by atoms with E-state index in [1.54, 1.807) is 32.9 Å². The molecule has 0 saturated heterocycles. The Bertz CT molecular complexity index is 850. The first kappa shape index (κ1) is 20.4. The van der Waals surface area contributed by atoms with E-state index in [9.17, 15) is 14.4 Å². The first-order chi connectivity index (χ1) is 12.8. The van der Waals surface area contributed by atoms with Gasteiger partial charge in [-0.05, 0) is 51.0 Å². The van der Waals surface area contributed by atoms with Gasteiger partial charge in [0.2, 0.25) is 5.78 Å². The fourth-order valence-corrected chi connectivity index (χ4v) is 2.74. The fraction of sp³-hybridized carbons (Fsp3) is 0.350. The number of esters is 2. The lowest BCUT2D eigenvalue weighted by molar-refractivity contribution is 0.0316. The van der Waals surface area contributed by atoms with Gasteiger partial charge in [0, 0.05) is 5.69 Å². The molecule has 1 atom stereocenters. The van der Waals surface area contributed by atoms with Crippen molar-refractivity contribution in [2.45, 2.75) is 40.4 Å². The minimum atomic E-state index is -1.04. The number of carbonyl (C=O) groups excluding carboxylic acids is 3. The van der Waals surface area contributed by atoms with Crippen molar-refractivity contribution < 1.29 is 29.0 Å². The summed E-state index contributed by atoms with van der Waals surface area (Å²) in [5.74, 6) is -1.59. The van der Waals surface area contributed by atoms with Gasteiger partial charge >= 0.3 is 11.9 Å². The largest absolute Gasteiger partial charge is 0.462 e. The van der Waals surface area contributed by atoms with Crippen molar-refractivity contribution >= 4 is 17.7 Å². The fourth-order valence-electron chi connectivity index (χ4n) is 2.74. The zero-order valence-electron chi connectivity index (χ0n) is 15.8. The number of hydrogen-bond acceptors (Lipinski definition) is 6. The maximum atomic E-state index is 12.7. The third-order valence-corrected chi connectivity index (χ3v) is 4.19. The summed E-state index contributed by atoms with van der Waals surface area (Å²) < 4.78 is 10.3. The van der Waals surface area contributed by atoms with Crippen LogP contribution in [0.5, 0.6) is 0 Å². The summed E-state index contributed by atoms with van der Waals surface area (Å²) in [6.45, 7) is 6.60. The van der Waals surface area contributed by atoms with Crippen LogP contribution < -0.4 is 0 Å². The maximum absolute atomic E-state index is 12.7. The Balaban J connectivity index is 2.16. The number of aromatic nitrogens is 1. The molecule has 0 saturated carbocycles. The lowest BCUT2D eigenvalue weighted by Gasteiger charge is -2.12. The molecule has 2 aromatic rings. The second kappa shape index (κ2) is 8.64. The van der Waals surface area contributed by atoms with Gasteiger partial charge < -0.3 is 19.6 Å². The Morgan fingerprint density at radius 3 is 2.30 bits per heavy atom. The van der Waals surface area contributed by atoms with Crippen LogP contribution in [0.1, 0.15) is 61.9 Å². The molecular weight excluding hydrogens is 350 g/mol. The Labute approximate surface area is 157 Å². The van der Waals surface area contributed by atoms with E-state index in [0.717, 1.165) is 0 Å². The van der Waals surface area contributed by atoms with Gasteiger partial charge in [0.25, 0.3) is 0 Å². The number of aliphatic hydroxyl groups excluding tert-OH is 1. The number of rotatable bonds is 7. The molecule has 0 fully saturated rings. The number of hydrogen-bond donors (Lipinski definition) is 2. The number of aryl methyl sites for hydroxylation is 1. The Morgan fingerprint density at radius 2 is 1.74 bits per heavy atom. The summed E-state index contributed by atoms with van der Waals surface area (Å²) >= 11 is 0. The predicted octanol–water partition coefficient (Wildman–Crippen LogP) is 2.73. The minimum Gasteiger partial charge on any atom is -0.462 e. The van der Waals surface area contributed by atoms with Gasteiger partial charge in [0.05, 0.1) is 30.0 Å². The zero-order valence-corrected chi connectivity index (χ0v) is 15.8. The molecule has 0 bridgehead atoms. The highest BCUT2D eigenvalue weighted by Crippen LogP contribution is 2.21. The second-order valence-electron chi connectivity index (χ2n) is 6.11. The number of carbonyl (C=O) groups is 3. The van der Waals surface area contributed by atoms with Gasteiger partial charge in [-0.2, -0.15) is 0 Å². The lowest BCUT2D eigenvalue weighted by Crippen LogP contribution is -2.25. The number of nitrogens with one attached hydrogen (secondary N) is 1. The molecule has 0 aliphatic heterocycles. The monoisotopic (exact) mass is 373 g/mol. The topological polar surface area (TPSA) is 106 Å². The normalized spacial score (nSPS) is 11.7. The third kappa shape index (κ3) is 4.43. The SMILES string of the molecule is CCOC(=O)c1c(C)[nH]c(C(=O)[C@@H](C)OC(=O)c2ccc(CO)cc2)c1C. The first-order valence-electron chi connectivity index (χ1n) is 8.61. The summed E-state index contributed by atoms with van der Waals surface area (Å²) in [6, 6.07) is 6.25. The summed E-state index contributed by atoms with van der Waals surface area (Å²) in [4.78, 5) is 39.8. The number of aromatic amines is 1. The van der Waals surface area contributed by atoms with E-state index in [-0.39, 0.29) is 24.5 Å². The van der Waals surface area contributed by atoms with E-state index >= 15 is 0 Å². The molecule has 1 aromatic carbocycles. The highest BCUT2D eigenvalue weighted by atomic mass is 16.5. The molecule has 1 heterocycles. The van der Waals surface area contributed by atoms with E-state index in [2.05, 4.69) is 4.98 Å². The molecule has 144 valence electrons. The molecule has 2 N–H and O–H groups in total. The van der Waals surface area contributed by atoms with Gasteiger partial charge in [-0.3, -0.25) is 4.79 Å². The van der Waals surface area contributed by atoms with Crippen molar-refractivity contribution in [1.82, 2.24) is 4.98 Å². The molecule has 7 nitrogen and oxygen atoms in total. The Morgan fingerprint density at radius 1 is 1.11 bits per heavy atom. The average molecular weight is 373 g/mol. The molecule has 0 spiro atoms. The van der Waals surface area contributed by atoms with Crippen molar-refractivity contribution in [3.05, 3.63) is 57.9 Å². The van der Waals surface area contributed by atoms with Gasteiger partial charge in [-0.15, -0.1) is 0 Å². The number of Topliss-reactive ketones (excluding diaryl/α,β-unsaturated/α-hetero) is 1. The second-order valence-corrected chi connectivity index (χ2v) is 6.11. The number of H-pyrrole nitrogens is 1. The average Bonchev–Trinajstić information content (AvgIpc) is 2.95. The quantitative estimate of drug-likeness (QED) is 0.571. The predicted molar refractivity (Wildman–Crippen MR) is 97.8 cm³/mol. The molecule has 0 aliphatic rings. The molecule has 7 heteroatoms. The highest BCUT2D eigenvalue weighted by Gasteiger charge is 2.27. The van der Waals surface area contributed by atoms with Crippen molar-refractivity contribution in [2.24, 2.45) is 0 Å². The zero-order chi connectivity index (χ0) is 20.1. The maximum Gasteiger partial charge on any atom is 0.340 e. The van der Waals surface area contributed by atoms with E-state index in [4.69, 9.17) is 14.6 Å². The van der Waals surface area contributed by atoms with Gasteiger partial charge in [0.15, 0.2) is 6.10 Å². The standard InChI is InChI=1S/C20H23NO6/c1-5-26-20(25)16-11(2)17(21-12(16)3)18(23)13(4)27-19(24)15-8-6-14(10-22)7-9-15/h6-9,13,21-22H,5,10H2,1-4H3/t13-/m1/s1. The van der Waals surface area contributed by atoms with E-state index in [1.165, 1.54) is 19.1 Å². The van der Waals surface area contributed by atoms with Crippen molar-refractivity contribution in [3.8, 4) is 0 Å². The molecule has 2 rings (SSSR count). The van der Waals surface area contributed by atoms with Crippen LogP contribution in [-0.2, 0) is 16.1 Å². The van der Waals surface area contributed by atoms with Crippen molar-refractivity contribution in [2.75, 3.05) is 6.61 Å². The van der Waals surface area contributed by atoms with Crippen LogP contribution in [0.25, 0.3) is 0 Å². The summed E-state index contributed by atoms with van der Waals surface area (Å²) in [6.07, 6.45) is -1.04. The van der Waals surface area contributed by atoms with Crippen LogP contribution >= 0.6 is 0 Å². The van der Waals surface area contributed by atoms with Gasteiger partial charge in [-0.25, -0.2) is 9.59 Å². The number of benzene rings is 1. The van der Waals surface area contributed by atoms with E-state index in [1.807, 2.05) is 0 Å². The van der Waals surface area contributed by atoms with Gasteiger partial charge in [0.1, 0.15) is 0 Å². The smallest absolute Gasteiger partial charge is 0.340 e. The van der Waals surface area contributed by atoms with Gasteiger partial charge in [-0.1, -0.05) is 12.1 Å². The van der Waals surface area contributed by atoms with Crippen molar-refractivity contribution in [3.63, 3.8) is 0 Å². The molecule has 0 unspecified atom stereocenters. The minimum absolute atomic E-state index is 0.127. The van der Waals surface area contributed by atoms with Crippen LogP contribution in [0.15, 0.2) is 24.3 Å². The highest BCUT2D eigenvalue weighted by molar-refractivity contribution is 6.04. The molecule has 27 heavy (non-hydrogen) atoms. The van der Waals surface area contributed by atoms with Crippen LogP contribution in [0, 0.1) is 13.8 Å². The molecule has 0 aliphatic carbocycles. The molecular formula is C20H23NO6. The first-order valence-corrected chi connectivity index (χ1v) is 8.61. The van der Waals surface area contributed by atoms with Crippen molar-refractivity contribution in [1.29, 1.82) is 0 Å². The van der Waals surface area contributed by atoms with E-state index < -0.39 is 23.8 Å². The van der Waals surface area contributed by atoms with Crippen LogP contribution in [0.3, 0.4) is 0 Å². The number of ether oxygens (including phenoxy) is 2. The van der Waals surface area contributed by atoms with Crippen LogP contribution in [0.2, 0.25) is 0 Å². The van der Waals surface area contributed by atoms with Crippen LogP contribution in [0.4, 0.5) is 0 Å². The molecule has 0 amide bonds. The summed E-state index contributed by atoms with van der Waals surface area (Å²) in [7, 11) is 0. The third-order valence-electron chi connectivity index (χ3n) is 4.19. The summed E-state index contributed by atoms with van der Waals surface area (Å²) in [5.41, 5.74) is 2.46. The number of ketones is 1. The van der Waals surface area contributed by atoms with E-state index in [0.29, 0.717) is 22.4 Å².